The van der Waals surface area contributed by atoms with E-state index in [-0.39, 0.29) is 48.2 Å². The molecule has 3 aromatic heterocycles. The van der Waals surface area contributed by atoms with Crippen LogP contribution in [0.5, 0.6) is 0 Å². The molecule has 1 saturated heterocycles. The lowest BCUT2D eigenvalue weighted by molar-refractivity contribution is -0.118. The van der Waals surface area contributed by atoms with E-state index in [1.165, 1.54) is 29.5 Å². The predicted octanol–water partition coefficient (Wildman–Crippen LogP) is 3.95. The number of nitriles is 1. The van der Waals surface area contributed by atoms with Gasteiger partial charge in [0.1, 0.15) is 42.7 Å². The van der Waals surface area contributed by atoms with E-state index in [0.29, 0.717) is 5.82 Å². The van der Waals surface area contributed by atoms with Gasteiger partial charge in [0.05, 0.1) is 44.7 Å². The van der Waals surface area contributed by atoms with Crippen molar-refractivity contribution in [3.8, 4) is 6.07 Å². The van der Waals surface area contributed by atoms with Gasteiger partial charge < -0.3 is 38.1 Å². The van der Waals surface area contributed by atoms with Crippen molar-refractivity contribution in [2.75, 3.05) is 30.5 Å². The molecule has 0 spiro atoms. The number of carbonyl (C=O) groups excluding carboxylic acids is 1. The van der Waals surface area contributed by atoms with E-state index in [0.717, 1.165) is 0 Å². The molecule has 1 aliphatic carbocycles. The molecule has 0 bridgehead atoms. The number of nitrogens with zero attached hydrogens (tertiary/aromatic N) is 6. The fraction of sp³-hybridized carbons (Fsp3) is 0.667. The number of hydrogen-bond donors (Lipinski definition) is 5. The van der Waals surface area contributed by atoms with E-state index in [1.807, 2.05) is 39.9 Å². The van der Waals surface area contributed by atoms with E-state index in [9.17, 15) is 29.4 Å². The third-order valence-corrected chi connectivity index (χ3v) is 17.5. The van der Waals surface area contributed by atoms with Gasteiger partial charge >= 0.3 is 15.0 Å². The number of nitrogens with one attached hydrogen (secondary N) is 3. The Balaban J connectivity index is 1.53. The first kappa shape index (κ1) is 46.0. The molecule has 2 fully saturated rings. The van der Waals surface area contributed by atoms with Crippen molar-refractivity contribution >= 4 is 63.9 Å². The molecular weight excluding hydrogens is 840 g/mol. The topological polar surface area (TPSA) is 267 Å². The standard InChI is InChI=1S/C33H50FN9O11P2SSi/c1-18(2)29(45)41-32-40-28-24(30(46)42-32)38-17-43(28)31-27(26(21(14-44)51-31)54-58(6,7)33(3,4)5)53-56(57,49-12-8-10-35)50-15-19-13-20(23(34)25(19)52-55(47)48)39-22-9-11-36-16-37-22/h9,11,16-21,23,25-27,31,44,55H,8,12-15H2,1-7H3,(H,47,48)(H,36,37,39)(H2,40,41,42,45,46)/t19-,20-,21-,23-,25-,26-,27-,31-,56-/m1/s1. The maximum absolute atomic E-state index is 15.9. The molecule has 5 rings (SSSR count). The summed E-state index contributed by atoms with van der Waals surface area (Å²) in [6.45, 7) is 8.24. The first-order valence-corrected chi connectivity index (χ1v) is 25.2. The summed E-state index contributed by atoms with van der Waals surface area (Å²) in [7, 11) is -6.30. The largest absolute Gasteiger partial charge is 0.408 e. The molecule has 58 heavy (non-hydrogen) atoms. The van der Waals surface area contributed by atoms with Crippen LogP contribution in [0.4, 0.5) is 16.2 Å². The Bertz CT molecular complexity index is 2070. The maximum atomic E-state index is 15.9. The number of alkyl halides is 1. The smallest absolute Gasteiger partial charge is 0.327 e. The van der Waals surface area contributed by atoms with Gasteiger partial charge in [-0.2, -0.15) is 10.2 Å². The van der Waals surface area contributed by atoms with Gasteiger partial charge in [-0.3, -0.25) is 33.5 Å². The highest BCUT2D eigenvalue weighted by Crippen LogP contribution is 2.56. The van der Waals surface area contributed by atoms with Gasteiger partial charge in [0.2, 0.25) is 11.9 Å². The lowest BCUT2D eigenvalue weighted by atomic mass is 10.1. The fourth-order valence-corrected chi connectivity index (χ4v) is 10.1. The highest BCUT2D eigenvalue weighted by molar-refractivity contribution is 8.07. The minimum atomic E-state index is -4.02. The Labute approximate surface area is 340 Å². The van der Waals surface area contributed by atoms with E-state index in [2.05, 4.69) is 35.6 Å². The summed E-state index contributed by atoms with van der Waals surface area (Å²) in [5.74, 6) is -1.51. The van der Waals surface area contributed by atoms with Gasteiger partial charge in [-0.25, -0.2) is 19.3 Å². The zero-order valence-electron chi connectivity index (χ0n) is 33.0. The van der Waals surface area contributed by atoms with E-state index >= 15 is 4.39 Å². The SMILES string of the molecule is CC(C)C(=O)Nc1nc2c(ncn2[C@@H]2O[C@H](CO)[C@@H](O[Si](C)(C)C(C)(C)C)[C@H]2O[P@@](=S)(OCCC#N)OC[C@H]2C[C@@H](Nc3ccncn3)[C@@H](F)[C@@H]2O[PH](=O)O)c(=O)[nH]1. The summed E-state index contributed by atoms with van der Waals surface area (Å²) >= 11 is 5.97. The summed E-state index contributed by atoms with van der Waals surface area (Å²) in [6.07, 6.45) is -3.75. The van der Waals surface area contributed by atoms with Gasteiger partial charge in [-0.15, -0.1) is 0 Å². The number of carbonyl (C=O) groups is 1. The molecule has 25 heteroatoms. The third-order valence-electron chi connectivity index (χ3n) is 10.2. The Morgan fingerprint density at radius 2 is 2.02 bits per heavy atom. The Morgan fingerprint density at radius 1 is 1.28 bits per heavy atom. The van der Waals surface area contributed by atoms with Crippen LogP contribution in [-0.4, -0.2) is 110 Å². The fourth-order valence-electron chi connectivity index (χ4n) is 6.14. The number of aromatic nitrogens is 6. The second-order valence-corrected chi connectivity index (χ2v) is 24.1. The molecule has 1 saturated carbocycles. The molecular formula is C33H50FN9O11P2SSi. The molecule has 0 aromatic carbocycles. The number of anilines is 2. The number of hydrogen-bond acceptors (Lipinski definition) is 17. The van der Waals surface area contributed by atoms with Crippen LogP contribution in [0.25, 0.3) is 11.2 Å². The Morgan fingerprint density at radius 3 is 2.64 bits per heavy atom. The maximum Gasteiger partial charge on any atom is 0.327 e. The van der Waals surface area contributed by atoms with Crippen molar-refractivity contribution in [2.24, 2.45) is 11.8 Å². The van der Waals surface area contributed by atoms with Crippen molar-refractivity contribution in [1.82, 2.24) is 29.5 Å². The quantitative estimate of drug-likeness (QED) is 0.0687. The molecule has 0 radical (unpaired) electrons. The Kier molecular flexibility index (Phi) is 15.1. The van der Waals surface area contributed by atoms with Crippen LogP contribution in [0.2, 0.25) is 18.1 Å². The van der Waals surface area contributed by atoms with Crippen molar-refractivity contribution in [3.63, 3.8) is 0 Å². The first-order valence-electron chi connectivity index (χ1n) is 18.5. The number of ether oxygens (including phenoxy) is 1. The number of halogens is 1. The van der Waals surface area contributed by atoms with Crippen LogP contribution in [0, 0.1) is 23.2 Å². The normalized spacial score (nSPS) is 26.7. The predicted molar refractivity (Wildman–Crippen MR) is 215 cm³/mol. The molecule has 1 amide bonds. The summed E-state index contributed by atoms with van der Waals surface area (Å²) in [5.41, 5.74) is -0.759. The van der Waals surface area contributed by atoms with Gasteiger partial charge in [-0.1, -0.05) is 34.6 Å². The van der Waals surface area contributed by atoms with Gasteiger partial charge in [-0.05, 0) is 42.4 Å². The monoisotopic (exact) mass is 889 g/mol. The van der Waals surface area contributed by atoms with Crippen LogP contribution in [0.15, 0.2) is 29.7 Å². The van der Waals surface area contributed by atoms with Crippen molar-refractivity contribution < 1.29 is 51.0 Å². The minimum Gasteiger partial charge on any atom is -0.408 e. The molecule has 10 atom stereocenters. The number of imidazole rings is 1. The highest BCUT2D eigenvalue weighted by Gasteiger charge is 2.54. The van der Waals surface area contributed by atoms with Gasteiger partial charge in [0, 0.05) is 18.0 Å². The average Bonchev–Trinajstić information content (AvgIpc) is 3.80. The third kappa shape index (κ3) is 10.8. The number of aliphatic hydroxyl groups excluding tert-OH is 1. The molecule has 4 heterocycles. The summed E-state index contributed by atoms with van der Waals surface area (Å²) in [5, 5.41) is 25.3. The first-order chi connectivity index (χ1) is 27.3. The summed E-state index contributed by atoms with van der Waals surface area (Å²) in [6, 6.07) is 2.61. The molecule has 1 unspecified atom stereocenters. The summed E-state index contributed by atoms with van der Waals surface area (Å²) < 4.78 is 66.5. The van der Waals surface area contributed by atoms with E-state index < -0.39 is 96.1 Å². The number of aromatic amines is 1. The van der Waals surface area contributed by atoms with E-state index in [1.54, 1.807) is 13.8 Å². The zero-order chi connectivity index (χ0) is 42.6. The molecule has 3 aromatic rings. The summed E-state index contributed by atoms with van der Waals surface area (Å²) in [4.78, 5) is 54.6. The average molecular weight is 890 g/mol. The molecule has 5 N–H and O–H groups in total. The molecule has 320 valence electrons. The van der Waals surface area contributed by atoms with Crippen LogP contribution in [-0.2, 0) is 48.4 Å². The van der Waals surface area contributed by atoms with Crippen molar-refractivity contribution in [2.45, 2.75) is 108 Å². The van der Waals surface area contributed by atoms with Crippen molar-refractivity contribution in [3.05, 3.63) is 35.3 Å². The number of fused-ring (bicyclic) bond motifs is 1. The van der Waals surface area contributed by atoms with Crippen molar-refractivity contribution in [1.29, 1.82) is 5.26 Å². The number of aliphatic hydroxyl groups is 1. The lowest BCUT2D eigenvalue weighted by Crippen LogP contribution is -2.50. The van der Waals surface area contributed by atoms with Crippen LogP contribution < -0.4 is 16.2 Å². The zero-order valence-corrected chi connectivity index (χ0v) is 36.7. The van der Waals surface area contributed by atoms with Crippen LogP contribution in [0.1, 0.15) is 53.7 Å². The number of rotatable bonds is 18. The number of H-pyrrole nitrogens is 1. The number of amides is 1. The second kappa shape index (κ2) is 19.1. The van der Waals surface area contributed by atoms with Crippen LogP contribution in [0.3, 0.4) is 0 Å². The molecule has 2 aliphatic rings. The highest BCUT2D eigenvalue weighted by atomic mass is 32.5. The van der Waals surface area contributed by atoms with Gasteiger partial charge in [0.25, 0.3) is 5.56 Å². The lowest BCUT2D eigenvalue weighted by Gasteiger charge is -2.41. The molecule has 1 aliphatic heterocycles. The van der Waals surface area contributed by atoms with E-state index in [4.69, 9.17) is 39.1 Å². The second-order valence-electron chi connectivity index (χ2n) is 15.7. The van der Waals surface area contributed by atoms with Gasteiger partial charge in [0.15, 0.2) is 25.7 Å². The molecule has 20 nitrogen and oxygen atoms in total. The Hall–Kier alpha value is -3.10. The van der Waals surface area contributed by atoms with Crippen LogP contribution >= 0.6 is 15.0 Å². The minimum absolute atomic E-state index is 0.00733.